The van der Waals surface area contributed by atoms with Crippen LogP contribution < -0.4 is 0 Å². The Morgan fingerprint density at radius 2 is 1.75 bits per heavy atom. The summed E-state index contributed by atoms with van der Waals surface area (Å²) in [6, 6.07) is 0. The second-order valence-electron chi connectivity index (χ2n) is 4.53. The zero-order chi connectivity index (χ0) is 12.5. The fraction of sp³-hybridized carbons (Fsp3) is 0.900. The van der Waals surface area contributed by atoms with E-state index in [1.54, 1.807) is 0 Å². The minimum atomic E-state index is -1.60. The standard InChI is InChI=1S/C10H18O6/c1-4(2)3-5-6(11)7(12)8(13)9(16-5)10(14)15/h4-9,11-13H,3H2,1-2H3,(H,14,15)/t5-,6-,7+,8-,9-/m0/s1. The normalized spacial score (nSPS) is 40.0. The molecule has 94 valence electrons. The second kappa shape index (κ2) is 5.09. The number of aliphatic carboxylic acids is 1. The van der Waals surface area contributed by atoms with E-state index in [-0.39, 0.29) is 5.92 Å². The molecule has 0 aromatic heterocycles. The van der Waals surface area contributed by atoms with Crippen LogP contribution in [0.25, 0.3) is 0 Å². The molecule has 4 N–H and O–H groups in total. The molecule has 0 unspecified atom stereocenters. The van der Waals surface area contributed by atoms with Crippen molar-refractivity contribution < 1.29 is 30.0 Å². The van der Waals surface area contributed by atoms with E-state index in [1.807, 2.05) is 13.8 Å². The van der Waals surface area contributed by atoms with E-state index in [0.717, 1.165) is 0 Å². The Kier molecular flexibility index (Phi) is 4.26. The lowest BCUT2D eigenvalue weighted by molar-refractivity contribution is -0.230. The quantitative estimate of drug-likeness (QED) is 0.497. The number of hydrogen-bond donors (Lipinski definition) is 4. The number of carboxylic acids is 1. The van der Waals surface area contributed by atoms with Crippen molar-refractivity contribution in [1.29, 1.82) is 0 Å². The van der Waals surface area contributed by atoms with E-state index in [0.29, 0.717) is 6.42 Å². The first kappa shape index (κ1) is 13.4. The first-order chi connectivity index (χ1) is 7.34. The summed E-state index contributed by atoms with van der Waals surface area (Å²) < 4.78 is 5.09. The number of hydrogen-bond acceptors (Lipinski definition) is 5. The molecule has 16 heavy (non-hydrogen) atoms. The van der Waals surface area contributed by atoms with Crippen LogP contribution in [0.15, 0.2) is 0 Å². The zero-order valence-electron chi connectivity index (χ0n) is 9.28. The van der Waals surface area contributed by atoms with Gasteiger partial charge in [-0.25, -0.2) is 4.79 Å². The summed E-state index contributed by atoms with van der Waals surface area (Å²) in [5.74, 6) is -1.15. The number of ether oxygens (including phenoxy) is 1. The summed E-state index contributed by atoms with van der Waals surface area (Å²) in [5, 5.41) is 37.3. The maximum absolute atomic E-state index is 10.8. The van der Waals surface area contributed by atoms with Crippen molar-refractivity contribution in [1.82, 2.24) is 0 Å². The van der Waals surface area contributed by atoms with Crippen molar-refractivity contribution >= 4 is 5.97 Å². The largest absolute Gasteiger partial charge is 0.479 e. The highest BCUT2D eigenvalue weighted by Gasteiger charge is 2.46. The Bertz CT molecular complexity index is 254. The molecule has 5 atom stereocenters. The van der Waals surface area contributed by atoms with Crippen LogP contribution in [0.2, 0.25) is 0 Å². The first-order valence-electron chi connectivity index (χ1n) is 5.27. The van der Waals surface area contributed by atoms with Crippen LogP contribution in [0.5, 0.6) is 0 Å². The van der Waals surface area contributed by atoms with Crippen LogP contribution in [0.1, 0.15) is 20.3 Å². The molecular formula is C10H18O6. The van der Waals surface area contributed by atoms with Gasteiger partial charge in [0, 0.05) is 0 Å². The summed E-state index contributed by atoms with van der Waals surface area (Å²) in [6.07, 6.45) is -6.17. The van der Waals surface area contributed by atoms with Crippen molar-refractivity contribution in [3.63, 3.8) is 0 Å². The monoisotopic (exact) mass is 234 g/mol. The number of aliphatic hydroxyl groups excluding tert-OH is 3. The topological polar surface area (TPSA) is 107 Å². The predicted octanol–water partition coefficient (Wildman–Crippen LogP) is -1.03. The van der Waals surface area contributed by atoms with Crippen molar-refractivity contribution in [2.24, 2.45) is 5.92 Å². The molecule has 0 aliphatic carbocycles. The summed E-state index contributed by atoms with van der Waals surface area (Å²) in [7, 11) is 0. The van der Waals surface area contributed by atoms with Gasteiger partial charge in [-0.2, -0.15) is 0 Å². The van der Waals surface area contributed by atoms with E-state index in [9.17, 15) is 20.1 Å². The summed E-state index contributed by atoms with van der Waals surface area (Å²) >= 11 is 0. The van der Waals surface area contributed by atoms with E-state index >= 15 is 0 Å². The van der Waals surface area contributed by atoms with Gasteiger partial charge < -0.3 is 25.2 Å². The molecule has 1 fully saturated rings. The molecule has 0 spiro atoms. The SMILES string of the molecule is CC(C)C[C@@H]1O[C@H](C(=O)O)[C@@H](O)[C@H](O)[C@H]1O. The Morgan fingerprint density at radius 3 is 2.19 bits per heavy atom. The second-order valence-corrected chi connectivity index (χ2v) is 4.53. The highest BCUT2D eigenvalue weighted by molar-refractivity contribution is 5.73. The fourth-order valence-electron chi connectivity index (χ4n) is 1.81. The van der Waals surface area contributed by atoms with E-state index in [4.69, 9.17) is 9.84 Å². The van der Waals surface area contributed by atoms with Gasteiger partial charge >= 0.3 is 5.97 Å². The van der Waals surface area contributed by atoms with Crippen molar-refractivity contribution in [2.75, 3.05) is 0 Å². The zero-order valence-corrected chi connectivity index (χ0v) is 9.28. The van der Waals surface area contributed by atoms with Crippen molar-refractivity contribution in [3.8, 4) is 0 Å². The molecule has 1 heterocycles. The molecule has 0 saturated carbocycles. The molecule has 0 aromatic carbocycles. The summed E-state index contributed by atoms with van der Waals surface area (Å²) in [4.78, 5) is 10.8. The molecule has 1 aliphatic heterocycles. The molecule has 6 heteroatoms. The third-order valence-electron chi connectivity index (χ3n) is 2.66. The number of carboxylic acid groups (broad SMARTS) is 1. The van der Waals surface area contributed by atoms with Crippen LogP contribution in [-0.4, -0.2) is 56.9 Å². The van der Waals surface area contributed by atoms with Crippen LogP contribution in [0, 0.1) is 5.92 Å². The smallest absolute Gasteiger partial charge is 0.335 e. The Labute approximate surface area is 93.5 Å². The Balaban J connectivity index is 2.77. The molecule has 0 bridgehead atoms. The first-order valence-corrected chi connectivity index (χ1v) is 5.27. The molecule has 0 amide bonds. The summed E-state index contributed by atoms with van der Waals surface area (Å²) in [6.45, 7) is 3.78. The molecular weight excluding hydrogens is 216 g/mol. The summed E-state index contributed by atoms with van der Waals surface area (Å²) in [5.41, 5.74) is 0. The number of carbonyl (C=O) groups is 1. The van der Waals surface area contributed by atoms with Gasteiger partial charge in [0.15, 0.2) is 6.10 Å². The van der Waals surface area contributed by atoms with Gasteiger partial charge in [-0.05, 0) is 12.3 Å². The predicted molar refractivity (Wildman–Crippen MR) is 53.8 cm³/mol. The highest BCUT2D eigenvalue weighted by Crippen LogP contribution is 2.25. The highest BCUT2D eigenvalue weighted by atomic mass is 16.6. The Morgan fingerprint density at radius 1 is 1.19 bits per heavy atom. The lowest BCUT2D eigenvalue weighted by atomic mass is 9.90. The Hall–Kier alpha value is -0.690. The van der Waals surface area contributed by atoms with Crippen molar-refractivity contribution in [3.05, 3.63) is 0 Å². The minimum Gasteiger partial charge on any atom is -0.479 e. The van der Waals surface area contributed by atoms with Crippen LogP contribution >= 0.6 is 0 Å². The number of aliphatic hydroxyl groups is 3. The van der Waals surface area contributed by atoms with E-state index in [1.165, 1.54) is 0 Å². The third kappa shape index (κ3) is 2.70. The van der Waals surface area contributed by atoms with Gasteiger partial charge in [0.1, 0.15) is 18.3 Å². The fourth-order valence-corrected chi connectivity index (χ4v) is 1.81. The van der Waals surface area contributed by atoms with E-state index in [2.05, 4.69) is 0 Å². The van der Waals surface area contributed by atoms with Gasteiger partial charge in [0.2, 0.25) is 0 Å². The molecule has 0 radical (unpaired) electrons. The van der Waals surface area contributed by atoms with Gasteiger partial charge in [0.25, 0.3) is 0 Å². The molecule has 6 nitrogen and oxygen atoms in total. The molecule has 1 aliphatic rings. The lowest BCUT2D eigenvalue weighted by Gasteiger charge is -2.39. The average molecular weight is 234 g/mol. The van der Waals surface area contributed by atoms with Gasteiger partial charge in [0.05, 0.1) is 6.10 Å². The maximum atomic E-state index is 10.8. The minimum absolute atomic E-state index is 0.191. The maximum Gasteiger partial charge on any atom is 0.335 e. The molecule has 1 rings (SSSR count). The third-order valence-corrected chi connectivity index (χ3v) is 2.66. The van der Waals surface area contributed by atoms with Crippen LogP contribution in [0.3, 0.4) is 0 Å². The van der Waals surface area contributed by atoms with Crippen molar-refractivity contribution in [2.45, 2.75) is 50.8 Å². The van der Waals surface area contributed by atoms with Crippen LogP contribution in [-0.2, 0) is 9.53 Å². The average Bonchev–Trinajstić information content (AvgIpc) is 2.18. The van der Waals surface area contributed by atoms with E-state index < -0.39 is 36.5 Å². The lowest BCUT2D eigenvalue weighted by Crippen LogP contribution is -2.59. The van der Waals surface area contributed by atoms with Gasteiger partial charge in [-0.15, -0.1) is 0 Å². The molecule has 1 saturated heterocycles. The van der Waals surface area contributed by atoms with Crippen LogP contribution in [0.4, 0.5) is 0 Å². The molecule has 0 aromatic rings. The van der Waals surface area contributed by atoms with Gasteiger partial charge in [-0.1, -0.05) is 13.8 Å². The van der Waals surface area contributed by atoms with Gasteiger partial charge in [-0.3, -0.25) is 0 Å². The number of rotatable bonds is 3.